The largest absolute Gasteiger partial charge is 0.399 e. The molecule has 1 unspecified atom stereocenters. The van der Waals surface area contributed by atoms with E-state index in [1.807, 2.05) is 25.1 Å². The topological polar surface area (TPSA) is 75.6 Å². The maximum Gasteiger partial charge on any atom is 0.221 e. The highest BCUT2D eigenvalue weighted by Crippen LogP contribution is 2.19. The molecule has 1 aromatic carbocycles. The number of carbonyl (C=O) groups is 1. The molecule has 0 aliphatic carbocycles. The third-order valence-corrected chi connectivity index (χ3v) is 3.63. The fourth-order valence-corrected chi connectivity index (χ4v) is 2.39. The van der Waals surface area contributed by atoms with Crippen LogP contribution in [0.5, 0.6) is 0 Å². The molecule has 104 valence electrons. The first kappa shape index (κ1) is 13.7. The van der Waals surface area contributed by atoms with E-state index >= 15 is 0 Å². The Balaban J connectivity index is 1.87. The van der Waals surface area contributed by atoms with Gasteiger partial charge in [0, 0.05) is 50.0 Å². The van der Waals surface area contributed by atoms with Crippen molar-refractivity contribution in [2.75, 3.05) is 43.4 Å². The summed E-state index contributed by atoms with van der Waals surface area (Å²) in [6.07, 6.45) is 0. The zero-order chi connectivity index (χ0) is 13.8. The van der Waals surface area contributed by atoms with Crippen molar-refractivity contribution in [3.8, 4) is 0 Å². The Hall–Kier alpha value is -1.75. The van der Waals surface area contributed by atoms with Crippen LogP contribution in [0.1, 0.15) is 6.92 Å². The summed E-state index contributed by atoms with van der Waals surface area (Å²) in [5.74, 6) is -0.308. The Morgan fingerprint density at radius 3 is 2.58 bits per heavy atom. The first-order chi connectivity index (χ1) is 9.06. The Morgan fingerprint density at radius 1 is 1.32 bits per heavy atom. The van der Waals surface area contributed by atoms with E-state index in [4.69, 9.17) is 11.5 Å². The van der Waals surface area contributed by atoms with Crippen molar-refractivity contribution in [3.63, 3.8) is 0 Å². The lowest BCUT2D eigenvalue weighted by Gasteiger charge is -2.36. The molecule has 0 aromatic heterocycles. The Labute approximate surface area is 114 Å². The minimum atomic E-state index is -0.224. The van der Waals surface area contributed by atoms with Gasteiger partial charge >= 0.3 is 0 Å². The van der Waals surface area contributed by atoms with Crippen molar-refractivity contribution >= 4 is 17.3 Å². The van der Waals surface area contributed by atoms with Gasteiger partial charge in [-0.1, -0.05) is 13.0 Å². The summed E-state index contributed by atoms with van der Waals surface area (Å²) in [6, 6.07) is 7.96. The van der Waals surface area contributed by atoms with E-state index < -0.39 is 0 Å². The van der Waals surface area contributed by atoms with Gasteiger partial charge in [-0.25, -0.2) is 0 Å². The number of rotatable bonds is 4. The SMILES string of the molecule is CC(CN1CCN(c2cccc(N)c2)CC1)C(N)=O. The van der Waals surface area contributed by atoms with Gasteiger partial charge in [-0.3, -0.25) is 9.69 Å². The predicted molar refractivity (Wildman–Crippen MR) is 77.9 cm³/mol. The van der Waals surface area contributed by atoms with E-state index in [1.54, 1.807) is 0 Å². The predicted octanol–water partition coefficient (Wildman–Crippen LogP) is 0.512. The van der Waals surface area contributed by atoms with Gasteiger partial charge in [0.2, 0.25) is 5.91 Å². The molecule has 0 spiro atoms. The molecule has 1 atom stereocenters. The summed E-state index contributed by atoms with van der Waals surface area (Å²) in [6.45, 7) is 6.44. The molecule has 0 saturated carbocycles. The Bertz CT molecular complexity index is 441. The first-order valence-electron chi connectivity index (χ1n) is 6.68. The second-order valence-electron chi connectivity index (χ2n) is 5.19. The molecule has 19 heavy (non-hydrogen) atoms. The minimum absolute atomic E-state index is 0.0843. The molecule has 1 aliphatic rings. The van der Waals surface area contributed by atoms with Crippen LogP contribution in [-0.2, 0) is 4.79 Å². The monoisotopic (exact) mass is 262 g/mol. The molecule has 1 saturated heterocycles. The number of primary amides is 1. The minimum Gasteiger partial charge on any atom is -0.399 e. The lowest BCUT2D eigenvalue weighted by molar-refractivity contribution is -0.121. The Morgan fingerprint density at radius 2 is 2.00 bits per heavy atom. The maximum absolute atomic E-state index is 11.1. The standard InChI is InChI=1S/C14H22N4O/c1-11(14(16)19)10-17-5-7-18(8-6-17)13-4-2-3-12(15)9-13/h2-4,9,11H,5-8,10,15H2,1H3,(H2,16,19). The van der Waals surface area contributed by atoms with Gasteiger partial charge in [-0.15, -0.1) is 0 Å². The highest BCUT2D eigenvalue weighted by molar-refractivity contribution is 5.76. The summed E-state index contributed by atoms with van der Waals surface area (Å²) in [7, 11) is 0. The summed E-state index contributed by atoms with van der Waals surface area (Å²) in [5.41, 5.74) is 13.1. The summed E-state index contributed by atoms with van der Waals surface area (Å²) >= 11 is 0. The fraction of sp³-hybridized carbons (Fsp3) is 0.500. The first-order valence-corrected chi connectivity index (χ1v) is 6.68. The molecule has 2 rings (SSSR count). The number of nitrogens with zero attached hydrogens (tertiary/aromatic N) is 2. The number of benzene rings is 1. The van der Waals surface area contributed by atoms with E-state index in [-0.39, 0.29) is 11.8 Å². The third-order valence-electron chi connectivity index (χ3n) is 3.63. The normalized spacial score (nSPS) is 18.3. The quantitative estimate of drug-likeness (QED) is 0.775. The lowest BCUT2D eigenvalue weighted by Crippen LogP contribution is -2.48. The summed E-state index contributed by atoms with van der Waals surface area (Å²) in [5, 5.41) is 0. The van der Waals surface area contributed by atoms with Crippen LogP contribution in [0.4, 0.5) is 11.4 Å². The van der Waals surface area contributed by atoms with Crippen molar-refractivity contribution in [3.05, 3.63) is 24.3 Å². The zero-order valence-electron chi connectivity index (χ0n) is 11.4. The Kier molecular flexibility index (Phi) is 4.27. The van der Waals surface area contributed by atoms with Crippen LogP contribution < -0.4 is 16.4 Å². The van der Waals surface area contributed by atoms with Crippen molar-refractivity contribution in [2.45, 2.75) is 6.92 Å². The lowest BCUT2D eigenvalue weighted by atomic mass is 10.1. The van der Waals surface area contributed by atoms with Crippen molar-refractivity contribution in [1.29, 1.82) is 0 Å². The van der Waals surface area contributed by atoms with Crippen molar-refractivity contribution in [1.82, 2.24) is 4.90 Å². The molecule has 1 amide bonds. The second-order valence-corrected chi connectivity index (χ2v) is 5.19. The number of carbonyl (C=O) groups excluding carboxylic acids is 1. The molecule has 0 radical (unpaired) electrons. The van der Waals surface area contributed by atoms with Gasteiger partial charge in [-0.2, -0.15) is 0 Å². The molecular formula is C14H22N4O. The van der Waals surface area contributed by atoms with Gasteiger partial charge in [-0.05, 0) is 18.2 Å². The smallest absolute Gasteiger partial charge is 0.221 e. The zero-order valence-corrected chi connectivity index (χ0v) is 11.4. The third kappa shape index (κ3) is 3.61. The van der Waals surface area contributed by atoms with Crippen LogP contribution >= 0.6 is 0 Å². The second kappa shape index (κ2) is 5.93. The van der Waals surface area contributed by atoms with E-state index in [0.717, 1.165) is 38.4 Å². The molecule has 1 aromatic rings. The molecule has 0 bridgehead atoms. The molecule has 1 heterocycles. The molecule has 5 nitrogen and oxygen atoms in total. The highest BCUT2D eigenvalue weighted by Gasteiger charge is 2.20. The van der Waals surface area contributed by atoms with Crippen LogP contribution in [0.25, 0.3) is 0 Å². The molecule has 1 aliphatic heterocycles. The number of nitrogen functional groups attached to an aromatic ring is 1. The summed E-state index contributed by atoms with van der Waals surface area (Å²) < 4.78 is 0. The molecule has 5 heteroatoms. The van der Waals surface area contributed by atoms with Gasteiger partial charge < -0.3 is 16.4 Å². The van der Waals surface area contributed by atoms with Gasteiger partial charge in [0.05, 0.1) is 0 Å². The van der Waals surface area contributed by atoms with Gasteiger partial charge in [0.1, 0.15) is 0 Å². The number of anilines is 2. The van der Waals surface area contributed by atoms with E-state index in [9.17, 15) is 4.79 Å². The maximum atomic E-state index is 11.1. The van der Waals surface area contributed by atoms with Crippen LogP contribution in [0, 0.1) is 5.92 Å². The average Bonchev–Trinajstić information content (AvgIpc) is 2.39. The molecule has 4 N–H and O–H groups in total. The van der Waals surface area contributed by atoms with Crippen LogP contribution in [-0.4, -0.2) is 43.5 Å². The van der Waals surface area contributed by atoms with E-state index in [1.165, 1.54) is 5.69 Å². The van der Waals surface area contributed by atoms with E-state index in [2.05, 4.69) is 15.9 Å². The van der Waals surface area contributed by atoms with Crippen molar-refractivity contribution < 1.29 is 4.79 Å². The number of amides is 1. The van der Waals surface area contributed by atoms with E-state index in [0.29, 0.717) is 0 Å². The van der Waals surface area contributed by atoms with Gasteiger partial charge in [0.15, 0.2) is 0 Å². The number of nitrogens with two attached hydrogens (primary N) is 2. The van der Waals surface area contributed by atoms with Crippen molar-refractivity contribution in [2.24, 2.45) is 11.7 Å². The average molecular weight is 262 g/mol. The number of hydrogen-bond acceptors (Lipinski definition) is 4. The number of hydrogen-bond donors (Lipinski definition) is 2. The number of piperazine rings is 1. The van der Waals surface area contributed by atoms with Gasteiger partial charge in [0.25, 0.3) is 0 Å². The van der Waals surface area contributed by atoms with Crippen LogP contribution in [0.3, 0.4) is 0 Å². The fourth-order valence-electron chi connectivity index (χ4n) is 2.39. The molecule has 1 fully saturated rings. The van der Waals surface area contributed by atoms with Crippen LogP contribution in [0.2, 0.25) is 0 Å². The highest BCUT2D eigenvalue weighted by atomic mass is 16.1. The summed E-state index contributed by atoms with van der Waals surface area (Å²) in [4.78, 5) is 15.7. The van der Waals surface area contributed by atoms with Crippen LogP contribution in [0.15, 0.2) is 24.3 Å². The molecular weight excluding hydrogens is 240 g/mol.